The van der Waals surface area contributed by atoms with Crippen molar-refractivity contribution < 1.29 is 19.4 Å². The molecule has 5 heteroatoms. The third-order valence-electron chi connectivity index (χ3n) is 5.49. The van der Waals surface area contributed by atoms with E-state index < -0.39 is 17.7 Å². The normalized spacial score (nSPS) is 17.7. The standard InChI is InChI=1S/C26H23NO4/c1-17-8-10-19(11-9-17)23-22(24(28)20-12-14-21(31-2)15-13-20)25(29)26(30)27(23)16-18-6-4-3-5-7-18/h3-15,23,28H,16H2,1-2H3. The number of ether oxygens (including phenoxy) is 1. The van der Waals surface area contributed by atoms with E-state index in [1.165, 1.54) is 4.90 Å². The minimum absolute atomic E-state index is 0.0925. The first-order valence-corrected chi connectivity index (χ1v) is 10.0. The van der Waals surface area contributed by atoms with Crippen LogP contribution in [0.4, 0.5) is 0 Å². The molecule has 156 valence electrons. The summed E-state index contributed by atoms with van der Waals surface area (Å²) in [4.78, 5) is 27.6. The molecule has 31 heavy (non-hydrogen) atoms. The van der Waals surface area contributed by atoms with Crippen LogP contribution in [0, 0.1) is 6.92 Å². The molecule has 0 radical (unpaired) electrons. The van der Waals surface area contributed by atoms with Crippen LogP contribution in [0.5, 0.6) is 5.75 Å². The van der Waals surface area contributed by atoms with Gasteiger partial charge < -0.3 is 14.7 Å². The lowest BCUT2D eigenvalue weighted by Crippen LogP contribution is -2.29. The van der Waals surface area contributed by atoms with E-state index in [2.05, 4.69) is 0 Å². The largest absolute Gasteiger partial charge is 0.507 e. The fraction of sp³-hybridized carbons (Fsp3) is 0.154. The van der Waals surface area contributed by atoms with Crippen LogP contribution in [0.15, 0.2) is 84.4 Å². The Morgan fingerprint density at radius 3 is 2.19 bits per heavy atom. The maximum Gasteiger partial charge on any atom is 0.295 e. The number of methoxy groups -OCH3 is 1. The molecule has 1 unspecified atom stereocenters. The summed E-state index contributed by atoms with van der Waals surface area (Å²) in [6.07, 6.45) is 0. The van der Waals surface area contributed by atoms with E-state index in [-0.39, 0.29) is 17.9 Å². The Morgan fingerprint density at radius 1 is 0.935 bits per heavy atom. The number of aliphatic hydroxyl groups excluding tert-OH is 1. The summed E-state index contributed by atoms with van der Waals surface area (Å²) in [6, 6.07) is 23.2. The summed E-state index contributed by atoms with van der Waals surface area (Å²) in [5.41, 5.74) is 3.30. The number of aliphatic hydroxyl groups is 1. The van der Waals surface area contributed by atoms with Crippen molar-refractivity contribution in [1.82, 2.24) is 4.90 Å². The number of benzene rings is 3. The lowest BCUT2D eigenvalue weighted by atomic mass is 9.94. The van der Waals surface area contributed by atoms with Crippen LogP contribution in [0.25, 0.3) is 5.76 Å². The van der Waals surface area contributed by atoms with Gasteiger partial charge in [0.15, 0.2) is 0 Å². The molecule has 0 spiro atoms. The summed E-state index contributed by atoms with van der Waals surface area (Å²) in [6.45, 7) is 2.24. The number of likely N-dealkylation sites (tertiary alicyclic amines) is 1. The Labute approximate surface area is 181 Å². The fourth-order valence-electron chi connectivity index (χ4n) is 3.82. The Hall–Kier alpha value is -3.86. The Balaban J connectivity index is 1.84. The van der Waals surface area contributed by atoms with Crippen LogP contribution in [0.3, 0.4) is 0 Å². The van der Waals surface area contributed by atoms with Gasteiger partial charge in [-0.2, -0.15) is 0 Å². The van der Waals surface area contributed by atoms with Crippen molar-refractivity contribution in [2.75, 3.05) is 7.11 Å². The Kier molecular flexibility index (Phi) is 5.58. The van der Waals surface area contributed by atoms with Gasteiger partial charge in [0.25, 0.3) is 11.7 Å². The van der Waals surface area contributed by atoms with Gasteiger partial charge in [-0.25, -0.2) is 0 Å². The molecule has 1 saturated heterocycles. The molecular weight excluding hydrogens is 390 g/mol. The van der Waals surface area contributed by atoms with Crippen LogP contribution < -0.4 is 4.74 Å². The zero-order valence-electron chi connectivity index (χ0n) is 17.4. The van der Waals surface area contributed by atoms with E-state index in [1.807, 2.05) is 61.5 Å². The Morgan fingerprint density at radius 2 is 1.58 bits per heavy atom. The predicted molar refractivity (Wildman–Crippen MR) is 118 cm³/mol. The molecule has 0 aliphatic carbocycles. The summed E-state index contributed by atoms with van der Waals surface area (Å²) in [5, 5.41) is 11.1. The monoisotopic (exact) mass is 413 g/mol. The highest BCUT2D eigenvalue weighted by Crippen LogP contribution is 2.40. The van der Waals surface area contributed by atoms with E-state index in [4.69, 9.17) is 4.74 Å². The third-order valence-corrected chi connectivity index (χ3v) is 5.49. The zero-order chi connectivity index (χ0) is 22.0. The maximum absolute atomic E-state index is 13.1. The number of carbonyl (C=O) groups excluding carboxylic acids is 2. The second-order valence-corrected chi connectivity index (χ2v) is 7.55. The predicted octanol–water partition coefficient (Wildman–Crippen LogP) is 4.63. The highest BCUT2D eigenvalue weighted by Gasteiger charge is 2.46. The molecular formula is C26H23NO4. The van der Waals surface area contributed by atoms with Crippen LogP contribution in [-0.4, -0.2) is 28.8 Å². The molecule has 0 aromatic heterocycles. The van der Waals surface area contributed by atoms with Gasteiger partial charge in [-0.05, 0) is 42.3 Å². The van der Waals surface area contributed by atoms with Gasteiger partial charge in [-0.15, -0.1) is 0 Å². The number of amides is 1. The van der Waals surface area contributed by atoms with Crippen LogP contribution in [0.1, 0.15) is 28.3 Å². The molecule has 1 atom stereocenters. The first-order valence-electron chi connectivity index (χ1n) is 10.0. The van der Waals surface area contributed by atoms with E-state index in [0.717, 1.165) is 16.7 Å². The summed E-state index contributed by atoms with van der Waals surface area (Å²) < 4.78 is 5.17. The second kappa shape index (κ2) is 8.48. The van der Waals surface area contributed by atoms with Gasteiger partial charge in [0.2, 0.25) is 0 Å². The van der Waals surface area contributed by atoms with Gasteiger partial charge in [-0.3, -0.25) is 9.59 Å². The lowest BCUT2D eigenvalue weighted by Gasteiger charge is -2.25. The van der Waals surface area contributed by atoms with Crippen LogP contribution >= 0.6 is 0 Å². The topological polar surface area (TPSA) is 66.8 Å². The molecule has 3 aromatic rings. The smallest absolute Gasteiger partial charge is 0.295 e. The lowest BCUT2D eigenvalue weighted by molar-refractivity contribution is -0.140. The first kappa shape index (κ1) is 20.4. The van der Waals surface area contributed by atoms with Gasteiger partial charge >= 0.3 is 0 Å². The van der Waals surface area contributed by atoms with Gasteiger partial charge in [0.05, 0.1) is 18.7 Å². The molecule has 0 bridgehead atoms. The zero-order valence-corrected chi connectivity index (χ0v) is 17.4. The van der Waals surface area contributed by atoms with E-state index >= 15 is 0 Å². The van der Waals surface area contributed by atoms with Crippen molar-refractivity contribution in [2.45, 2.75) is 19.5 Å². The fourth-order valence-corrected chi connectivity index (χ4v) is 3.82. The van der Waals surface area contributed by atoms with Crippen molar-refractivity contribution in [1.29, 1.82) is 0 Å². The van der Waals surface area contributed by atoms with E-state index in [1.54, 1.807) is 31.4 Å². The number of ketones is 1. The quantitative estimate of drug-likeness (QED) is 0.376. The number of nitrogens with zero attached hydrogens (tertiary/aromatic N) is 1. The highest BCUT2D eigenvalue weighted by atomic mass is 16.5. The maximum atomic E-state index is 13.1. The average molecular weight is 413 g/mol. The molecule has 1 amide bonds. The van der Waals surface area contributed by atoms with E-state index in [9.17, 15) is 14.7 Å². The number of rotatable bonds is 5. The molecule has 1 N–H and O–H groups in total. The molecule has 1 aliphatic heterocycles. The molecule has 1 heterocycles. The summed E-state index contributed by atoms with van der Waals surface area (Å²) in [5.74, 6) is -0.863. The van der Waals surface area contributed by atoms with Crippen molar-refractivity contribution >= 4 is 17.4 Å². The molecule has 5 nitrogen and oxygen atoms in total. The number of carbonyl (C=O) groups is 2. The summed E-state index contributed by atoms with van der Waals surface area (Å²) in [7, 11) is 1.56. The van der Waals surface area contributed by atoms with Gasteiger partial charge in [0.1, 0.15) is 11.5 Å². The molecule has 0 saturated carbocycles. The SMILES string of the molecule is COc1ccc(C(O)=C2C(=O)C(=O)N(Cc3ccccc3)C2c2ccc(C)cc2)cc1. The third kappa shape index (κ3) is 3.94. The first-order chi connectivity index (χ1) is 15.0. The molecule has 4 rings (SSSR count). The van der Waals surface area contributed by atoms with Crippen molar-refractivity contribution in [3.8, 4) is 5.75 Å². The minimum Gasteiger partial charge on any atom is -0.507 e. The number of Topliss-reactive ketones (excluding diaryl/α,β-unsaturated/α-hetero) is 1. The van der Waals surface area contributed by atoms with Crippen molar-refractivity contribution in [2.24, 2.45) is 0 Å². The highest BCUT2D eigenvalue weighted by molar-refractivity contribution is 6.46. The molecule has 1 fully saturated rings. The minimum atomic E-state index is -0.685. The number of aryl methyl sites for hydroxylation is 1. The molecule has 3 aromatic carbocycles. The molecule has 1 aliphatic rings. The number of hydrogen-bond acceptors (Lipinski definition) is 4. The average Bonchev–Trinajstić information content (AvgIpc) is 3.05. The summed E-state index contributed by atoms with van der Waals surface area (Å²) >= 11 is 0. The Bertz CT molecular complexity index is 1130. The van der Waals surface area contributed by atoms with Crippen LogP contribution in [0.2, 0.25) is 0 Å². The van der Waals surface area contributed by atoms with Crippen LogP contribution in [-0.2, 0) is 16.1 Å². The number of hydrogen-bond donors (Lipinski definition) is 1. The second-order valence-electron chi connectivity index (χ2n) is 7.55. The van der Waals surface area contributed by atoms with E-state index in [0.29, 0.717) is 11.3 Å². The van der Waals surface area contributed by atoms with Crippen molar-refractivity contribution in [3.63, 3.8) is 0 Å². The van der Waals surface area contributed by atoms with Gasteiger partial charge in [0, 0.05) is 12.1 Å². The van der Waals surface area contributed by atoms with Crippen molar-refractivity contribution in [3.05, 3.63) is 107 Å². The van der Waals surface area contributed by atoms with Gasteiger partial charge in [-0.1, -0.05) is 60.2 Å².